The summed E-state index contributed by atoms with van der Waals surface area (Å²) < 4.78 is 2.11. The second-order valence-corrected chi connectivity index (χ2v) is 5.11. The van der Waals surface area contributed by atoms with E-state index < -0.39 is 0 Å². The van der Waals surface area contributed by atoms with E-state index in [2.05, 4.69) is 32.7 Å². The highest BCUT2D eigenvalue weighted by Gasteiger charge is 2.22. The van der Waals surface area contributed by atoms with E-state index in [1.54, 1.807) is 0 Å². The Balaban J connectivity index is 1.96. The van der Waals surface area contributed by atoms with Crippen molar-refractivity contribution in [3.05, 3.63) is 29.7 Å². The van der Waals surface area contributed by atoms with Gasteiger partial charge < -0.3 is 10.6 Å². The fourth-order valence-electron chi connectivity index (χ4n) is 2.62. The molecule has 3 heterocycles. The van der Waals surface area contributed by atoms with Gasteiger partial charge in [-0.15, -0.1) is 10.2 Å². The minimum absolute atomic E-state index is 0.518. The zero-order chi connectivity index (χ0) is 12.5. The van der Waals surface area contributed by atoms with Gasteiger partial charge in [-0.1, -0.05) is 6.07 Å². The first-order valence-corrected chi connectivity index (χ1v) is 6.50. The molecule has 1 fully saturated rings. The van der Waals surface area contributed by atoms with Crippen LogP contribution in [0.1, 0.15) is 30.1 Å². The minimum atomic E-state index is 0.518. The van der Waals surface area contributed by atoms with Gasteiger partial charge in [0, 0.05) is 18.7 Å². The third-order valence-corrected chi connectivity index (χ3v) is 3.81. The van der Waals surface area contributed by atoms with Crippen molar-refractivity contribution >= 4 is 5.65 Å². The average Bonchev–Trinajstić information content (AvgIpc) is 2.82. The third-order valence-electron chi connectivity index (χ3n) is 3.81. The molecule has 18 heavy (non-hydrogen) atoms. The van der Waals surface area contributed by atoms with Crippen molar-refractivity contribution in [2.24, 2.45) is 5.73 Å². The van der Waals surface area contributed by atoms with Crippen LogP contribution in [-0.4, -0.2) is 39.6 Å². The summed E-state index contributed by atoms with van der Waals surface area (Å²) in [5.41, 5.74) is 7.73. The van der Waals surface area contributed by atoms with Gasteiger partial charge in [-0.25, -0.2) is 0 Å². The van der Waals surface area contributed by atoms with Crippen molar-refractivity contribution in [2.75, 3.05) is 20.1 Å². The molecule has 2 aromatic heterocycles. The molecule has 0 amide bonds. The van der Waals surface area contributed by atoms with Crippen LogP contribution >= 0.6 is 0 Å². The smallest absolute Gasteiger partial charge is 0.160 e. The van der Waals surface area contributed by atoms with Crippen LogP contribution in [0.25, 0.3) is 5.65 Å². The molecule has 0 saturated carbocycles. The molecule has 0 aromatic carbocycles. The number of piperidine rings is 1. The fourth-order valence-corrected chi connectivity index (χ4v) is 2.62. The standard InChI is InChI=1S/C13H19N5/c1-17-6-4-11(5-7-17)13-16-15-12-3-2-10(8-14)9-18(12)13/h2-3,9,11H,4-8,14H2,1H3. The lowest BCUT2D eigenvalue weighted by Gasteiger charge is -2.27. The van der Waals surface area contributed by atoms with Crippen molar-refractivity contribution < 1.29 is 0 Å². The Bertz CT molecular complexity index is 539. The van der Waals surface area contributed by atoms with E-state index in [-0.39, 0.29) is 0 Å². The zero-order valence-electron chi connectivity index (χ0n) is 10.7. The van der Waals surface area contributed by atoms with Gasteiger partial charge in [0.1, 0.15) is 5.82 Å². The summed E-state index contributed by atoms with van der Waals surface area (Å²) in [5.74, 6) is 1.61. The van der Waals surface area contributed by atoms with Crippen LogP contribution in [0.15, 0.2) is 18.3 Å². The minimum Gasteiger partial charge on any atom is -0.326 e. The molecule has 5 nitrogen and oxygen atoms in total. The summed E-state index contributed by atoms with van der Waals surface area (Å²) in [5, 5.41) is 8.62. The number of hydrogen-bond donors (Lipinski definition) is 1. The maximum Gasteiger partial charge on any atom is 0.160 e. The topological polar surface area (TPSA) is 59.5 Å². The number of aromatic nitrogens is 3. The molecule has 1 aliphatic rings. The van der Waals surface area contributed by atoms with Gasteiger partial charge in [-0.2, -0.15) is 0 Å². The molecule has 0 radical (unpaired) electrons. The summed E-state index contributed by atoms with van der Waals surface area (Å²) in [7, 11) is 2.17. The lowest BCUT2D eigenvalue weighted by atomic mass is 9.96. The van der Waals surface area contributed by atoms with E-state index in [0.717, 1.165) is 43.0 Å². The average molecular weight is 245 g/mol. The summed E-state index contributed by atoms with van der Waals surface area (Å²) in [6, 6.07) is 4.01. The van der Waals surface area contributed by atoms with Crippen LogP contribution in [0.2, 0.25) is 0 Å². The van der Waals surface area contributed by atoms with E-state index in [1.165, 1.54) is 0 Å². The van der Waals surface area contributed by atoms with Crippen LogP contribution in [0.3, 0.4) is 0 Å². The molecule has 0 unspecified atom stereocenters. The van der Waals surface area contributed by atoms with Crippen molar-refractivity contribution in [1.82, 2.24) is 19.5 Å². The molecule has 0 bridgehead atoms. The molecular formula is C13H19N5. The molecule has 2 N–H and O–H groups in total. The summed E-state index contributed by atoms with van der Waals surface area (Å²) in [6.45, 7) is 2.83. The van der Waals surface area contributed by atoms with Crippen LogP contribution < -0.4 is 5.73 Å². The van der Waals surface area contributed by atoms with Gasteiger partial charge in [0.2, 0.25) is 0 Å². The number of nitrogens with two attached hydrogens (primary N) is 1. The normalized spacial score (nSPS) is 18.6. The molecule has 1 saturated heterocycles. The SMILES string of the molecule is CN1CCC(c2nnc3ccc(CN)cn23)CC1. The molecular weight excluding hydrogens is 226 g/mol. The summed E-state index contributed by atoms with van der Waals surface area (Å²) >= 11 is 0. The highest BCUT2D eigenvalue weighted by Crippen LogP contribution is 2.26. The molecule has 0 atom stereocenters. The number of pyridine rings is 1. The molecule has 0 spiro atoms. The Labute approximate surface area is 107 Å². The Morgan fingerprint density at radius 2 is 2.06 bits per heavy atom. The number of nitrogens with zero attached hydrogens (tertiary/aromatic N) is 4. The van der Waals surface area contributed by atoms with E-state index in [0.29, 0.717) is 12.5 Å². The van der Waals surface area contributed by atoms with E-state index in [1.807, 2.05) is 12.1 Å². The van der Waals surface area contributed by atoms with Crippen molar-refractivity contribution in [3.8, 4) is 0 Å². The summed E-state index contributed by atoms with van der Waals surface area (Å²) in [6.07, 6.45) is 4.39. The molecule has 5 heteroatoms. The Morgan fingerprint density at radius 3 is 2.78 bits per heavy atom. The van der Waals surface area contributed by atoms with Gasteiger partial charge in [-0.05, 0) is 44.6 Å². The van der Waals surface area contributed by atoms with Crippen molar-refractivity contribution in [2.45, 2.75) is 25.3 Å². The molecule has 1 aliphatic heterocycles. The second-order valence-electron chi connectivity index (χ2n) is 5.11. The molecule has 0 aliphatic carbocycles. The lowest BCUT2D eigenvalue weighted by molar-refractivity contribution is 0.250. The van der Waals surface area contributed by atoms with Gasteiger partial charge in [0.25, 0.3) is 0 Å². The highest BCUT2D eigenvalue weighted by molar-refractivity contribution is 5.40. The van der Waals surface area contributed by atoms with Gasteiger partial charge in [0.05, 0.1) is 0 Å². The monoisotopic (exact) mass is 245 g/mol. The van der Waals surface area contributed by atoms with Gasteiger partial charge in [-0.3, -0.25) is 4.40 Å². The summed E-state index contributed by atoms with van der Waals surface area (Å²) in [4.78, 5) is 2.37. The molecule has 3 rings (SSSR count). The second kappa shape index (κ2) is 4.66. The van der Waals surface area contributed by atoms with Crippen LogP contribution in [0.4, 0.5) is 0 Å². The Kier molecular flexibility index (Phi) is 3.01. The Morgan fingerprint density at radius 1 is 1.28 bits per heavy atom. The maximum atomic E-state index is 5.70. The third kappa shape index (κ3) is 2.00. The predicted molar refractivity (Wildman–Crippen MR) is 70.4 cm³/mol. The van der Waals surface area contributed by atoms with Crippen LogP contribution in [0.5, 0.6) is 0 Å². The van der Waals surface area contributed by atoms with E-state index in [9.17, 15) is 0 Å². The first kappa shape index (κ1) is 11.6. The molecule has 96 valence electrons. The molecule has 2 aromatic rings. The lowest BCUT2D eigenvalue weighted by Crippen LogP contribution is -2.30. The van der Waals surface area contributed by atoms with Gasteiger partial charge >= 0.3 is 0 Å². The largest absolute Gasteiger partial charge is 0.326 e. The van der Waals surface area contributed by atoms with Crippen molar-refractivity contribution in [3.63, 3.8) is 0 Å². The first-order chi connectivity index (χ1) is 8.78. The number of hydrogen-bond acceptors (Lipinski definition) is 4. The first-order valence-electron chi connectivity index (χ1n) is 6.50. The number of fused-ring (bicyclic) bond motifs is 1. The number of rotatable bonds is 2. The van der Waals surface area contributed by atoms with Gasteiger partial charge in [0.15, 0.2) is 5.65 Å². The quantitative estimate of drug-likeness (QED) is 0.857. The Hall–Kier alpha value is -1.46. The van der Waals surface area contributed by atoms with Crippen LogP contribution in [0, 0.1) is 0 Å². The van der Waals surface area contributed by atoms with Crippen molar-refractivity contribution in [1.29, 1.82) is 0 Å². The van der Waals surface area contributed by atoms with E-state index >= 15 is 0 Å². The fraction of sp³-hybridized carbons (Fsp3) is 0.538. The maximum absolute atomic E-state index is 5.70. The predicted octanol–water partition coefficient (Wildman–Crippen LogP) is 0.997. The van der Waals surface area contributed by atoms with Crippen LogP contribution in [-0.2, 0) is 6.54 Å². The number of likely N-dealkylation sites (tertiary alicyclic amines) is 1. The highest BCUT2D eigenvalue weighted by atomic mass is 15.2. The zero-order valence-corrected chi connectivity index (χ0v) is 10.7. The van der Waals surface area contributed by atoms with E-state index in [4.69, 9.17) is 5.73 Å².